The first-order valence-corrected chi connectivity index (χ1v) is 5.70. The number of H-pyrrole nitrogens is 1. The average Bonchev–Trinajstić information content (AvgIpc) is 2.73. The van der Waals surface area contributed by atoms with Gasteiger partial charge in [-0.3, -0.25) is 4.98 Å². The van der Waals surface area contributed by atoms with Crippen LogP contribution in [0.4, 0.5) is 4.39 Å². The van der Waals surface area contributed by atoms with E-state index in [1.54, 1.807) is 0 Å². The van der Waals surface area contributed by atoms with Crippen molar-refractivity contribution in [1.29, 1.82) is 0 Å². The second-order valence-corrected chi connectivity index (χ2v) is 4.31. The Hall–Kier alpha value is -1.42. The first-order chi connectivity index (χ1) is 7.83. The third-order valence-corrected chi connectivity index (χ3v) is 3.14. The number of fused-ring (bicyclic) bond motifs is 1. The minimum absolute atomic E-state index is 0.294. The molecule has 4 heteroatoms. The Morgan fingerprint density at radius 1 is 1.31 bits per heavy atom. The molecular formula is C12H14FN3. The van der Waals surface area contributed by atoms with Crippen molar-refractivity contribution in [2.24, 2.45) is 0 Å². The van der Waals surface area contributed by atoms with E-state index >= 15 is 0 Å². The summed E-state index contributed by atoms with van der Waals surface area (Å²) < 4.78 is 13.0. The minimum Gasteiger partial charge on any atom is -0.356 e. The number of aromatic amines is 1. The summed E-state index contributed by atoms with van der Waals surface area (Å²) >= 11 is 0. The fraction of sp³-hybridized carbons (Fsp3) is 0.417. The standard InChI is InChI=1S/C12H14FN3/c13-8-5-11-10(15-7-8)6-12(16-11)9-3-1-2-4-14-9/h5-7,9,14,16H,1-4H2. The quantitative estimate of drug-likeness (QED) is 0.773. The smallest absolute Gasteiger partial charge is 0.143 e. The molecular weight excluding hydrogens is 205 g/mol. The Labute approximate surface area is 93.1 Å². The maximum atomic E-state index is 13.0. The van der Waals surface area contributed by atoms with Crippen LogP contribution < -0.4 is 5.32 Å². The first-order valence-electron chi connectivity index (χ1n) is 5.70. The van der Waals surface area contributed by atoms with Gasteiger partial charge in [0.15, 0.2) is 0 Å². The molecule has 0 spiro atoms. The normalized spacial score (nSPS) is 21.4. The van der Waals surface area contributed by atoms with Crippen LogP contribution in [0.5, 0.6) is 0 Å². The monoisotopic (exact) mass is 219 g/mol. The Bertz CT molecular complexity index is 500. The summed E-state index contributed by atoms with van der Waals surface area (Å²) in [5.41, 5.74) is 2.74. The molecule has 2 N–H and O–H groups in total. The Balaban J connectivity index is 1.97. The van der Waals surface area contributed by atoms with Crippen molar-refractivity contribution < 1.29 is 4.39 Å². The zero-order valence-electron chi connectivity index (χ0n) is 8.96. The van der Waals surface area contributed by atoms with Crippen LogP contribution in [0.15, 0.2) is 18.3 Å². The number of nitrogens with one attached hydrogen (secondary N) is 2. The molecule has 2 aromatic rings. The summed E-state index contributed by atoms with van der Waals surface area (Å²) in [4.78, 5) is 7.30. The predicted octanol–water partition coefficient (Wildman–Crippen LogP) is 2.52. The summed E-state index contributed by atoms with van der Waals surface area (Å²) in [5.74, 6) is -0.294. The van der Waals surface area contributed by atoms with Crippen LogP contribution in [0.25, 0.3) is 11.0 Å². The molecule has 3 rings (SSSR count). The molecule has 1 saturated heterocycles. The van der Waals surface area contributed by atoms with Gasteiger partial charge in [-0.05, 0) is 25.5 Å². The van der Waals surface area contributed by atoms with Gasteiger partial charge in [0.25, 0.3) is 0 Å². The van der Waals surface area contributed by atoms with Crippen LogP contribution in [0.3, 0.4) is 0 Å². The molecule has 0 aromatic carbocycles. The van der Waals surface area contributed by atoms with Gasteiger partial charge in [0.1, 0.15) is 5.82 Å². The molecule has 1 unspecified atom stereocenters. The highest BCUT2D eigenvalue weighted by molar-refractivity contribution is 5.75. The number of aromatic nitrogens is 2. The lowest BCUT2D eigenvalue weighted by atomic mass is 10.0. The molecule has 3 heterocycles. The Morgan fingerprint density at radius 2 is 2.25 bits per heavy atom. The van der Waals surface area contributed by atoms with E-state index in [0.717, 1.165) is 29.7 Å². The number of pyridine rings is 1. The van der Waals surface area contributed by atoms with Crippen LogP contribution in [0.2, 0.25) is 0 Å². The van der Waals surface area contributed by atoms with Crippen molar-refractivity contribution in [1.82, 2.24) is 15.3 Å². The van der Waals surface area contributed by atoms with Gasteiger partial charge in [0, 0.05) is 17.8 Å². The number of piperidine rings is 1. The minimum atomic E-state index is -0.294. The zero-order chi connectivity index (χ0) is 11.0. The molecule has 1 aliphatic heterocycles. The fourth-order valence-corrected chi connectivity index (χ4v) is 2.31. The highest BCUT2D eigenvalue weighted by Crippen LogP contribution is 2.25. The largest absolute Gasteiger partial charge is 0.356 e. The summed E-state index contributed by atoms with van der Waals surface area (Å²) in [6.07, 6.45) is 4.88. The predicted molar refractivity (Wildman–Crippen MR) is 60.6 cm³/mol. The molecule has 2 aromatic heterocycles. The van der Waals surface area contributed by atoms with Gasteiger partial charge in [-0.2, -0.15) is 0 Å². The van der Waals surface area contributed by atoms with Gasteiger partial charge in [-0.25, -0.2) is 4.39 Å². The number of nitrogens with zero attached hydrogens (tertiary/aromatic N) is 1. The molecule has 1 fully saturated rings. The van der Waals surface area contributed by atoms with Crippen molar-refractivity contribution in [3.05, 3.63) is 29.8 Å². The van der Waals surface area contributed by atoms with E-state index in [9.17, 15) is 4.39 Å². The lowest BCUT2D eigenvalue weighted by molar-refractivity contribution is 0.407. The van der Waals surface area contributed by atoms with Gasteiger partial charge in [-0.1, -0.05) is 6.42 Å². The van der Waals surface area contributed by atoms with Crippen LogP contribution in [0, 0.1) is 5.82 Å². The molecule has 0 saturated carbocycles. The Morgan fingerprint density at radius 3 is 3.06 bits per heavy atom. The zero-order valence-corrected chi connectivity index (χ0v) is 8.96. The third-order valence-electron chi connectivity index (χ3n) is 3.14. The molecule has 3 nitrogen and oxygen atoms in total. The van der Waals surface area contributed by atoms with E-state index in [0.29, 0.717) is 6.04 Å². The fourth-order valence-electron chi connectivity index (χ4n) is 2.31. The molecule has 0 amide bonds. The van der Waals surface area contributed by atoms with E-state index in [1.165, 1.54) is 25.1 Å². The second-order valence-electron chi connectivity index (χ2n) is 4.31. The second kappa shape index (κ2) is 3.87. The van der Waals surface area contributed by atoms with Gasteiger partial charge >= 0.3 is 0 Å². The van der Waals surface area contributed by atoms with E-state index in [2.05, 4.69) is 15.3 Å². The van der Waals surface area contributed by atoms with Crippen LogP contribution in [0.1, 0.15) is 31.0 Å². The molecule has 0 radical (unpaired) electrons. The van der Waals surface area contributed by atoms with E-state index in [-0.39, 0.29) is 5.82 Å². The van der Waals surface area contributed by atoms with Gasteiger partial charge < -0.3 is 10.3 Å². The molecule has 16 heavy (non-hydrogen) atoms. The van der Waals surface area contributed by atoms with Crippen molar-refractivity contribution in [2.75, 3.05) is 6.54 Å². The van der Waals surface area contributed by atoms with Gasteiger partial charge in [0.2, 0.25) is 0 Å². The van der Waals surface area contributed by atoms with Crippen molar-refractivity contribution in [3.8, 4) is 0 Å². The SMILES string of the molecule is Fc1cnc2cc(C3CCCCN3)[nH]c2c1. The highest BCUT2D eigenvalue weighted by Gasteiger charge is 2.16. The topological polar surface area (TPSA) is 40.7 Å². The summed E-state index contributed by atoms with van der Waals surface area (Å²) in [6.45, 7) is 1.06. The van der Waals surface area contributed by atoms with Gasteiger partial charge in [0.05, 0.1) is 17.2 Å². The number of hydrogen-bond acceptors (Lipinski definition) is 2. The summed E-state index contributed by atoms with van der Waals surface area (Å²) in [5, 5.41) is 3.46. The summed E-state index contributed by atoms with van der Waals surface area (Å²) in [6, 6.07) is 3.87. The molecule has 0 bridgehead atoms. The van der Waals surface area contributed by atoms with E-state index < -0.39 is 0 Å². The van der Waals surface area contributed by atoms with Gasteiger partial charge in [-0.15, -0.1) is 0 Å². The first kappa shape index (κ1) is 9.78. The maximum absolute atomic E-state index is 13.0. The molecule has 84 valence electrons. The van der Waals surface area contributed by atoms with Crippen LogP contribution in [-0.4, -0.2) is 16.5 Å². The lowest BCUT2D eigenvalue weighted by Crippen LogP contribution is -2.26. The highest BCUT2D eigenvalue weighted by atomic mass is 19.1. The molecule has 1 aliphatic rings. The van der Waals surface area contributed by atoms with Crippen molar-refractivity contribution in [2.45, 2.75) is 25.3 Å². The Kier molecular flexibility index (Phi) is 2.36. The van der Waals surface area contributed by atoms with Crippen molar-refractivity contribution >= 4 is 11.0 Å². The summed E-state index contributed by atoms with van der Waals surface area (Å²) in [7, 11) is 0. The maximum Gasteiger partial charge on any atom is 0.143 e. The lowest BCUT2D eigenvalue weighted by Gasteiger charge is -2.22. The van der Waals surface area contributed by atoms with E-state index in [1.807, 2.05) is 6.07 Å². The molecule has 1 atom stereocenters. The van der Waals surface area contributed by atoms with E-state index in [4.69, 9.17) is 0 Å². The number of halogens is 1. The van der Waals surface area contributed by atoms with Crippen LogP contribution >= 0.6 is 0 Å². The van der Waals surface area contributed by atoms with Crippen LogP contribution in [-0.2, 0) is 0 Å². The molecule has 0 aliphatic carbocycles. The third kappa shape index (κ3) is 1.69. The average molecular weight is 219 g/mol. The number of hydrogen-bond donors (Lipinski definition) is 2. The van der Waals surface area contributed by atoms with Crippen molar-refractivity contribution in [3.63, 3.8) is 0 Å². The number of rotatable bonds is 1.